The maximum Gasteiger partial charge on any atom is 0.410 e. The molecule has 2 aliphatic rings. The third-order valence-electron chi connectivity index (χ3n) is 4.89. The SMILES string of the molecule is C[C@H](CO)[C@@H](OC(=O)N1CCNCC1)[C@@H]1OC(C(=O)O)=C[C@H](N=C(N)N)[C@H]1NC(=O)O. The van der Waals surface area contributed by atoms with Crippen molar-refractivity contribution in [3.63, 3.8) is 0 Å². The number of hydrogen-bond acceptors (Lipinski definition) is 8. The van der Waals surface area contributed by atoms with Gasteiger partial charge in [-0.25, -0.2) is 19.4 Å². The second-order valence-electron chi connectivity index (χ2n) is 7.18. The van der Waals surface area contributed by atoms with Crippen molar-refractivity contribution >= 4 is 24.1 Å². The predicted molar refractivity (Wildman–Crippen MR) is 106 cm³/mol. The Kier molecular flexibility index (Phi) is 8.27. The molecule has 31 heavy (non-hydrogen) atoms. The summed E-state index contributed by atoms with van der Waals surface area (Å²) in [5, 5.41) is 33.7. The number of carbonyl (C=O) groups excluding carboxylic acids is 1. The molecule has 2 heterocycles. The number of hydrogen-bond donors (Lipinski definition) is 7. The van der Waals surface area contributed by atoms with Crippen LogP contribution in [0, 0.1) is 5.92 Å². The zero-order valence-electron chi connectivity index (χ0n) is 16.9. The average Bonchev–Trinajstić information content (AvgIpc) is 2.72. The highest BCUT2D eigenvalue weighted by atomic mass is 16.6. The second kappa shape index (κ2) is 10.7. The summed E-state index contributed by atoms with van der Waals surface area (Å²) in [5.41, 5.74) is 10.8. The van der Waals surface area contributed by atoms with Crippen LogP contribution in [0.15, 0.2) is 16.8 Å². The van der Waals surface area contributed by atoms with Gasteiger partial charge in [0.2, 0.25) is 5.76 Å². The standard InChI is InChI=1S/C17H28N6O8/c1-8(7-24)12(31-17(29)23-4-2-20-3-5-23)13-11(22-16(27)28)9(21-15(18)19)6-10(30-13)14(25)26/h6,8-9,11-13,20,22,24H,2-5,7H2,1H3,(H,25,26)(H,27,28)(H4,18,19,21)/t8-,9+,11-,12-,13-/m1/s1. The molecule has 0 unspecified atom stereocenters. The fourth-order valence-corrected chi connectivity index (χ4v) is 3.35. The van der Waals surface area contributed by atoms with Gasteiger partial charge in [0.1, 0.15) is 6.10 Å². The second-order valence-corrected chi connectivity index (χ2v) is 7.18. The Balaban J connectivity index is 2.41. The molecule has 174 valence electrons. The van der Waals surface area contributed by atoms with Crippen LogP contribution >= 0.6 is 0 Å². The van der Waals surface area contributed by atoms with Gasteiger partial charge in [0, 0.05) is 38.7 Å². The summed E-state index contributed by atoms with van der Waals surface area (Å²) in [4.78, 5) is 41.0. The molecule has 0 spiro atoms. The Hall–Kier alpha value is -3.26. The summed E-state index contributed by atoms with van der Waals surface area (Å²) in [7, 11) is 0. The number of aliphatic hydroxyl groups excluding tert-OH is 1. The van der Waals surface area contributed by atoms with E-state index in [2.05, 4.69) is 15.6 Å². The zero-order valence-corrected chi connectivity index (χ0v) is 16.9. The van der Waals surface area contributed by atoms with E-state index in [1.54, 1.807) is 6.92 Å². The lowest BCUT2D eigenvalue weighted by molar-refractivity contribution is -0.142. The number of ether oxygens (including phenoxy) is 2. The topological polar surface area (TPSA) is 222 Å². The average molecular weight is 444 g/mol. The van der Waals surface area contributed by atoms with Gasteiger partial charge >= 0.3 is 18.2 Å². The van der Waals surface area contributed by atoms with Crippen molar-refractivity contribution in [1.29, 1.82) is 0 Å². The number of piperazine rings is 1. The lowest BCUT2D eigenvalue weighted by Gasteiger charge is -2.40. The van der Waals surface area contributed by atoms with Crippen LogP contribution in [-0.4, -0.2) is 101 Å². The molecule has 1 saturated heterocycles. The fourth-order valence-electron chi connectivity index (χ4n) is 3.35. The molecule has 1 fully saturated rings. The summed E-state index contributed by atoms with van der Waals surface area (Å²) >= 11 is 0. The van der Waals surface area contributed by atoms with Crippen molar-refractivity contribution in [1.82, 2.24) is 15.5 Å². The molecule has 9 N–H and O–H groups in total. The largest absolute Gasteiger partial charge is 0.477 e. The zero-order chi connectivity index (χ0) is 23.1. The molecule has 14 heteroatoms. The van der Waals surface area contributed by atoms with Crippen LogP contribution in [0.4, 0.5) is 9.59 Å². The van der Waals surface area contributed by atoms with Crippen LogP contribution in [0.2, 0.25) is 0 Å². The molecule has 2 amide bonds. The first kappa shape index (κ1) is 24.0. The highest BCUT2D eigenvalue weighted by Gasteiger charge is 2.46. The van der Waals surface area contributed by atoms with Crippen molar-refractivity contribution in [2.45, 2.75) is 31.2 Å². The molecule has 0 aromatic carbocycles. The third-order valence-corrected chi connectivity index (χ3v) is 4.89. The first-order valence-electron chi connectivity index (χ1n) is 9.61. The maximum absolute atomic E-state index is 12.7. The van der Waals surface area contributed by atoms with Crippen molar-refractivity contribution < 1.29 is 39.2 Å². The van der Waals surface area contributed by atoms with E-state index in [9.17, 15) is 29.7 Å². The lowest BCUT2D eigenvalue weighted by Crippen LogP contribution is -2.60. The smallest absolute Gasteiger partial charge is 0.410 e. The minimum Gasteiger partial charge on any atom is -0.477 e. The van der Waals surface area contributed by atoms with E-state index >= 15 is 0 Å². The van der Waals surface area contributed by atoms with Crippen molar-refractivity contribution in [2.24, 2.45) is 22.4 Å². The number of aliphatic imine (C=N–C) groups is 1. The summed E-state index contributed by atoms with van der Waals surface area (Å²) in [6, 6.07) is -2.37. The van der Waals surface area contributed by atoms with Crippen molar-refractivity contribution in [2.75, 3.05) is 32.8 Å². The number of nitrogens with two attached hydrogens (primary N) is 2. The minimum absolute atomic E-state index is 0.387. The Morgan fingerprint density at radius 3 is 2.52 bits per heavy atom. The van der Waals surface area contributed by atoms with E-state index in [4.69, 9.17) is 20.9 Å². The van der Waals surface area contributed by atoms with Gasteiger partial charge < -0.3 is 51.8 Å². The number of nitrogens with zero attached hydrogens (tertiary/aromatic N) is 2. The molecular weight excluding hydrogens is 416 g/mol. The molecule has 2 rings (SSSR count). The number of nitrogens with one attached hydrogen (secondary N) is 2. The number of carbonyl (C=O) groups is 3. The quantitative estimate of drug-likeness (QED) is 0.163. The lowest BCUT2D eigenvalue weighted by atomic mass is 9.89. The number of guanidine groups is 1. The van der Waals surface area contributed by atoms with Crippen LogP contribution < -0.4 is 22.1 Å². The van der Waals surface area contributed by atoms with Gasteiger partial charge in [0.15, 0.2) is 12.1 Å². The summed E-state index contributed by atoms with van der Waals surface area (Å²) < 4.78 is 11.1. The monoisotopic (exact) mass is 444 g/mol. The molecule has 0 aromatic rings. The number of amides is 2. The first-order chi connectivity index (χ1) is 14.6. The molecule has 14 nitrogen and oxygen atoms in total. The molecule has 2 aliphatic heterocycles. The number of rotatable bonds is 7. The molecule has 0 radical (unpaired) electrons. The van der Waals surface area contributed by atoms with Gasteiger partial charge in [-0.1, -0.05) is 6.92 Å². The van der Waals surface area contributed by atoms with Gasteiger partial charge in [-0.2, -0.15) is 0 Å². The summed E-state index contributed by atoms with van der Waals surface area (Å²) in [6.45, 7) is 3.01. The van der Waals surface area contributed by atoms with E-state index in [-0.39, 0.29) is 0 Å². The van der Waals surface area contributed by atoms with Crippen LogP contribution in [-0.2, 0) is 14.3 Å². The van der Waals surface area contributed by atoms with Crippen LogP contribution in [0.25, 0.3) is 0 Å². The number of carboxylic acid groups (broad SMARTS) is 2. The normalized spacial score (nSPS) is 25.3. The number of aliphatic hydroxyl groups is 1. The van der Waals surface area contributed by atoms with Crippen molar-refractivity contribution in [3.8, 4) is 0 Å². The van der Waals surface area contributed by atoms with Crippen molar-refractivity contribution in [3.05, 3.63) is 11.8 Å². The number of aliphatic carboxylic acids is 1. The summed E-state index contributed by atoms with van der Waals surface area (Å²) in [6.07, 6.45) is -3.66. The predicted octanol–water partition coefficient (Wildman–Crippen LogP) is -2.33. The Labute approximate surface area is 177 Å². The van der Waals surface area contributed by atoms with Crippen LogP contribution in [0.5, 0.6) is 0 Å². The Morgan fingerprint density at radius 2 is 2.00 bits per heavy atom. The van der Waals surface area contributed by atoms with Gasteiger partial charge in [0.25, 0.3) is 0 Å². The van der Waals surface area contributed by atoms with Gasteiger partial charge in [0.05, 0.1) is 12.1 Å². The van der Waals surface area contributed by atoms with Gasteiger partial charge in [-0.05, 0) is 6.08 Å². The molecule has 5 atom stereocenters. The van der Waals surface area contributed by atoms with E-state index in [0.717, 1.165) is 6.08 Å². The van der Waals surface area contributed by atoms with E-state index in [0.29, 0.717) is 26.2 Å². The van der Waals surface area contributed by atoms with Crippen LogP contribution in [0.1, 0.15) is 6.92 Å². The fraction of sp³-hybridized carbons (Fsp3) is 0.647. The Morgan fingerprint density at radius 1 is 1.35 bits per heavy atom. The molecule has 0 saturated carbocycles. The Bertz CT molecular complexity index is 734. The first-order valence-corrected chi connectivity index (χ1v) is 9.61. The van der Waals surface area contributed by atoms with Gasteiger partial charge in [-0.15, -0.1) is 0 Å². The minimum atomic E-state index is -1.45. The van der Waals surface area contributed by atoms with Gasteiger partial charge in [-0.3, -0.25) is 0 Å². The third kappa shape index (κ3) is 6.36. The molecule has 0 aliphatic carbocycles. The summed E-state index contributed by atoms with van der Waals surface area (Å²) in [5.74, 6) is -3.13. The number of carboxylic acids is 1. The molecule has 0 bridgehead atoms. The van der Waals surface area contributed by atoms with E-state index < -0.39 is 66.7 Å². The maximum atomic E-state index is 12.7. The van der Waals surface area contributed by atoms with Crippen LogP contribution in [0.3, 0.4) is 0 Å². The van der Waals surface area contributed by atoms with E-state index in [1.807, 2.05) is 0 Å². The highest BCUT2D eigenvalue weighted by molar-refractivity contribution is 5.85. The molecular formula is C17H28N6O8. The van der Waals surface area contributed by atoms with E-state index in [1.165, 1.54) is 4.90 Å². The molecule has 0 aromatic heterocycles. The highest BCUT2D eigenvalue weighted by Crippen LogP contribution is 2.28.